The summed E-state index contributed by atoms with van der Waals surface area (Å²) in [5, 5.41) is 8.84. The Bertz CT molecular complexity index is 355. The first kappa shape index (κ1) is 12.0. The Morgan fingerprint density at radius 3 is 2.33 bits per heavy atom. The minimum Gasteiger partial charge on any atom is -0.396 e. The van der Waals surface area contributed by atoms with Gasteiger partial charge in [-0.25, -0.2) is 0 Å². The van der Waals surface area contributed by atoms with Crippen LogP contribution in [0.1, 0.15) is 24.7 Å². The standard InChI is InChI=1S/C12H19NO2/c1-9(4-5-14)8-13-10(2)6-12(15)7-11(13)3/h6-7,9,14H,4-5,8H2,1-3H3. The summed E-state index contributed by atoms with van der Waals surface area (Å²) >= 11 is 0. The predicted molar refractivity (Wildman–Crippen MR) is 61.0 cm³/mol. The van der Waals surface area contributed by atoms with Crippen LogP contribution in [-0.4, -0.2) is 16.3 Å². The molecule has 0 spiro atoms. The van der Waals surface area contributed by atoms with Crippen LogP contribution in [-0.2, 0) is 6.54 Å². The molecule has 1 rings (SSSR count). The topological polar surface area (TPSA) is 42.2 Å². The molecular formula is C12H19NO2. The lowest BCUT2D eigenvalue weighted by Gasteiger charge is -2.18. The molecule has 0 saturated heterocycles. The van der Waals surface area contributed by atoms with Crippen molar-refractivity contribution in [3.63, 3.8) is 0 Å². The second-order valence-corrected chi connectivity index (χ2v) is 4.20. The van der Waals surface area contributed by atoms with Crippen molar-refractivity contribution < 1.29 is 5.11 Å². The Kier molecular flexibility index (Phi) is 4.09. The summed E-state index contributed by atoms with van der Waals surface area (Å²) in [6.45, 7) is 7.07. The molecule has 3 heteroatoms. The summed E-state index contributed by atoms with van der Waals surface area (Å²) in [5.41, 5.74) is 2.05. The Morgan fingerprint density at radius 2 is 1.87 bits per heavy atom. The van der Waals surface area contributed by atoms with Gasteiger partial charge in [-0.2, -0.15) is 0 Å². The van der Waals surface area contributed by atoms with Crippen LogP contribution in [0.3, 0.4) is 0 Å². The number of aliphatic hydroxyl groups excluding tert-OH is 1. The molecule has 1 N–H and O–H groups in total. The van der Waals surface area contributed by atoms with Crippen molar-refractivity contribution >= 4 is 0 Å². The van der Waals surface area contributed by atoms with Crippen molar-refractivity contribution in [1.82, 2.24) is 4.57 Å². The van der Waals surface area contributed by atoms with Crippen LogP contribution in [0.25, 0.3) is 0 Å². The van der Waals surface area contributed by atoms with E-state index < -0.39 is 0 Å². The van der Waals surface area contributed by atoms with Gasteiger partial charge in [0.2, 0.25) is 0 Å². The van der Waals surface area contributed by atoms with Gasteiger partial charge < -0.3 is 9.67 Å². The highest BCUT2D eigenvalue weighted by Gasteiger charge is 2.06. The van der Waals surface area contributed by atoms with Crippen LogP contribution in [0.4, 0.5) is 0 Å². The van der Waals surface area contributed by atoms with E-state index in [2.05, 4.69) is 11.5 Å². The summed E-state index contributed by atoms with van der Waals surface area (Å²) < 4.78 is 2.13. The van der Waals surface area contributed by atoms with Crippen LogP contribution in [0.5, 0.6) is 0 Å². The average molecular weight is 209 g/mol. The van der Waals surface area contributed by atoms with E-state index in [-0.39, 0.29) is 12.0 Å². The van der Waals surface area contributed by atoms with E-state index in [9.17, 15) is 4.79 Å². The van der Waals surface area contributed by atoms with E-state index >= 15 is 0 Å². The van der Waals surface area contributed by atoms with Gasteiger partial charge in [0.1, 0.15) is 0 Å². The van der Waals surface area contributed by atoms with E-state index in [0.29, 0.717) is 5.92 Å². The quantitative estimate of drug-likeness (QED) is 0.816. The van der Waals surface area contributed by atoms with Crippen LogP contribution in [0, 0.1) is 19.8 Å². The molecule has 1 atom stereocenters. The molecule has 1 aromatic heterocycles. The summed E-state index contributed by atoms with van der Waals surface area (Å²) in [6, 6.07) is 3.30. The molecule has 3 nitrogen and oxygen atoms in total. The lowest BCUT2D eigenvalue weighted by molar-refractivity contribution is 0.253. The molecule has 0 aliphatic heterocycles. The number of aryl methyl sites for hydroxylation is 2. The minimum atomic E-state index is 0.0658. The van der Waals surface area contributed by atoms with Gasteiger partial charge in [0, 0.05) is 36.7 Å². The fraction of sp³-hybridized carbons (Fsp3) is 0.583. The smallest absolute Gasteiger partial charge is 0.182 e. The molecule has 1 heterocycles. The van der Waals surface area contributed by atoms with Gasteiger partial charge in [-0.3, -0.25) is 4.79 Å². The van der Waals surface area contributed by atoms with Gasteiger partial charge in [0.05, 0.1) is 0 Å². The first-order valence-electron chi connectivity index (χ1n) is 5.33. The largest absolute Gasteiger partial charge is 0.396 e. The number of aromatic nitrogens is 1. The number of nitrogens with zero attached hydrogens (tertiary/aromatic N) is 1. The molecule has 0 bridgehead atoms. The lowest BCUT2D eigenvalue weighted by Crippen LogP contribution is -2.17. The number of aliphatic hydroxyl groups is 1. The Morgan fingerprint density at radius 1 is 1.33 bits per heavy atom. The second-order valence-electron chi connectivity index (χ2n) is 4.20. The minimum absolute atomic E-state index is 0.0658. The second kappa shape index (κ2) is 5.12. The number of pyridine rings is 1. The molecule has 84 valence electrons. The zero-order valence-electron chi connectivity index (χ0n) is 9.66. The molecular weight excluding hydrogens is 190 g/mol. The van der Waals surface area contributed by atoms with E-state index in [1.54, 1.807) is 12.1 Å². The third-order valence-electron chi connectivity index (χ3n) is 2.67. The molecule has 0 aromatic carbocycles. The van der Waals surface area contributed by atoms with Gasteiger partial charge in [0.25, 0.3) is 0 Å². The molecule has 0 aliphatic rings. The number of hydrogen-bond donors (Lipinski definition) is 1. The molecule has 0 radical (unpaired) electrons. The number of rotatable bonds is 4. The Balaban J connectivity index is 2.90. The summed E-state index contributed by atoms with van der Waals surface area (Å²) in [4.78, 5) is 11.2. The van der Waals surface area contributed by atoms with Gasteiger partial charge in [-0.05, 0) is 26.2 Å². The van der Waals surface area contributed by atoms with Gasteiger partial charge in [-0.15, -0.1) is 0 Å². The molecule has 1 unspecified atom stereocenters. The van der Waals surface area contributed by atoms with Crippen molar-refractivity contribution in [2.45, 2.75) is 33.7 Å². The van der Waals surface area contributed by atoms with Crippen molar-refractivity contribution in [2.24, 2.45) is 5.92 Å². The first-order valence-corrected chi connectivity index (χ1v) is 5.33. The van der Waals surface area contributed by atoms with Crippen LogP contribution in [0.15, 0.2) is 16.9 Å². The van der Waals surface area contributed by atoms with Crippen molar-refractivity contribution in [3.8, 4) is 0 Å². The molecule has 1 aromatic rings. The van der Waals surface area contributed by atoms with Crippen molar-refractivity contribution in [2.75, 3.05) is 6.61 Å². The van der Waals surface area contributed by atoms with Gasteiger partial charge >= 0.3 is 0 Å². The van der Waals surface area contributed by atoms with Gasteiger partial charge in [-0.1, -0.05) is 6.92 Å². The highest BCUT2D eigenvalue weighted by Crippen LogP contribution is 2.09. The van der Waals surface area contributed by atoms with Gasteiger partial charge in [0.15, 0.2) is 5.43 Å². The zero-order valence-corrected chi connectivity index (χ0v) is 9.66. The van der Waals surface area contributed by atoms with E-state index in [4.69, 9.17) is 5.11 Å². The first-order chi connectivity index (χ1) is 7.04. The van der Waals surface area contributed by atoms with Crippen molar-refractivity contribution in [3.05, 3.63) is 33.7 Å². The van der Waals surface area contributed by atoms with E-state index in [1.165, 1.54) is 0 Å². The summed E-state index contributed by atoms with van der Waals surface area (Å²) in [7, 11) is 0. The molecule has 15 heavy (non-hydrogen) atoms. The maximum Gasteiger partial charge on any atom is 0.182 e. The predicted octanol–water partition coefficient (Wildman–Crippen LogP) is 1.48. The molecule has 0 fully saturated rings. The van der Waals surface area contributed by atoms with Crippen LogP contribution < -0.4 is 5.43 Å². The zero-order chi connectivity index (χ0) is 11.4. The average Bonchev–Trinajstić information content (AvgIpc) is 2.11. The maximum atomic E-state index is 11.2. The third kappa shape index (κ3) is 3.20. The highest BCUT2D eigenvalue weighted by atomic mass is 16.3. The highest BCUT2D eigenvalue weighted by molar-refractivity contribution is 5.12. The maximum absolute atomic E-state index is 11.2. The summed E-state index contributed by atoms with van der Waals surface area (Å²) in [5.74, 6) is 0.426. The lowest BCUT2D eigenvalue weighted by atomic mass is 10.1. The molecule has 0 saturated carbocycles. The van der Waals surface area contributed by atoms with E-state index in [0.717, 1.165) is 24.4 Å². The number of hydrogen-bond acceptors (Lipinski definition) is 2. The SMILES string of the molecule is Cc1cc(=O)cc(C)n1CC(C)CCO. The fourth-order valence-corrected chi connectivity index (χ4v) is 1.80. The Hall–Kier alpha value is -1.09. The molecule has 0 amide bonds. The monoisotopic (exact) mass is 209 g/mol. The fourth-order valence-electron chi connectivity index (χ4n) is 1.80. The molecule has 0 aliphatic carbocycles. The van der Waals surface area contributed by atoms with E-state index in [1.807, 2.05) is 13.8 Å². The van der Waals surface area contributed by atoms with Crippen molar-refractivity contribution in [1.29, 1.82) is 0 Å². The van der Waals surface area contributed by atoms with Crippen LogP contribution in [0.2, 0.25) is 0 Å². The Labute approximate surface area is 90.4 Å². The summed E-state index contributed by atoms with van der Waals surface area (Å²) in [6.07, 6.45) is 0.797. The third-order valence-corrected chi connectivity index (χ3v) is 2.67. The van der Waals surface area contributed by atoms with Crippen LogP contribution >= 0.6 is 0 Å². The normalized spacial score (nSPS) is 12.8.